The summed E-state index contributed by atoms with van der Waals surface area (Å²) < 4.78 is 270. The third kappa shape index (κ3) is 2.22. The van der Waals surface area contributed by atoms with Crippen molar-refractivity contribution in [1.82, 2.24) is 0 Å². The number of halogens is 17. The predicted molar refractivity (Wildman–Crippen MR) is 65.0 cm³/mol. The Balaban J connectivity index is 3.23. The molecule has 4 nitrogen and oxygen atoms in total. The van der Waals surface area contributed by atoms with Gasteiger partial charge in [-0.15, -0.1) is 0 Å². The van der Waals surface area contributed by atoms with E-state index < -0.39 is 76.0 Å². The van der Waals surface area contributed by atoms with Crippen LogP contribution in [0, 0.1) is 0 Å². The Labute approximate surface area is 168 Å². The maximum absolute atomic E-state index is 14.8. The topological polar surface area (TPSA) is 68.3 Å². The Morgan fingerprint density at radius 3 is 0.818 bits per heavy atom. The molecule has 1 saturated carbocycles. The van der Waals surface area contributed by atoms with Crippen molar-refractivity contribution in [2.45, 2.75) is 56.3 Å². The van der Waals surface area contributed by atoms with E-state index in [0.29, 0.717) is 0 Å². The second-order valence-corrected chi connectivity index (χ2v) is 11.1. The molecule has 0 aromatic heterocycles. The fraction of sp³-hybridized carbons (Fsp3) is 1.00. The minimum atomic E-state index is -8.92. The van der Waals surface area contributed by atoms with Crippen molar-refractivity contribution >= 4 is 19.7 Å². The van der Waals surface area contributed by atoms with Crippen LogP contribution < -0.4 is 0 Å². The molecule has 2 aliphatic rings. The Kier molecular flexibility index (Phi) is 5.01. The van der Waals surface area contributed by atoms with Crippen molar-refractivity contribution in [1.29, 1.82) is 0 Å². The predicted octanol–water partition coefficient (Wildman–Crippen LogP) is 3.88. The van der Waals surface area contributed by atoms with Gasteiger partial charge in [0.05, 0.1) is 0 Å². The summed E-state index contributed by atoms with van der Waals surface area (Å²) in [5, 5.41) is -15.8. The second-order valence-electron chi connectivity index (χ2n) is 6.61. The highest BCUT2D eigenvalue weighted by Gasteiger charge is 3.06. The molecule has 23 heteroatoms. The number of rotatable bonds is 1. The van der Waals surface area contributed by atoms with Gasteiger partial charge in [-0.1, -0.05) is 0 Å². The average Bonchev–Trinajstić information content (AvgIpc) is 2.57. The second kappa shape index (κ2) is 5.91. The van der Waals surface area contributed by atoms with Crippen LogP contribution in [0.5, 0.6) is 0 Å². The van der Waals surface area contributed by atoms with Crippen LogP contribution in [0.3, 0.4) is 0 Å². The van der Waals surface area contributed by atoms with Crippen LogP contribution in [-0.2, 0) is 19.7 Å². The van der Waals surface area contributed by atoms with Gasteiger partial charge in [0.1, 0.15) is 0 Å². The van der Waals surface area contributed by atoms with Crippen molar-refractivity contribution in [2.75, 3.05) is 0 Å². The average molecular weight is 572 g/mol. The molecule has 1 heterocycles. The molecule has 2 rings (SSSR count). The molecule has 196 valence electrons. The molecule has 0 unspecified atom stereocenters. The molecule has 0 aromatic rings. The van der Waals surface area contributed by atoms with Gasteiger partial charge in [-0.25, -0.2) is 21.2 Å². The molecule has 0 radical (unpaired) electrons. The van der Waals surface area contributed by atoms with Crippen LogP contribution in [0.2, 0.25) is 0 Å². The molecule has 0 N–H and O–H groups in total. The van der Waals surface area contributed by atoms with Crippen LogP contribution in [-0.4, -0.2) is 73.1 Å². The molecule has 0 spiro atoms. The summed E-state index contributed by atoms with van der Waals surface area (Å²) in [4.78, 5) is 0. The highest BCUT2D eigenvalue weighted by atomic mass is 32.3. The number of hydrogen-bond donors (Lipinski definition) is 0. The summed E-state index contributed by atoms with van der Waals surface area (Å²) in [6.45, 7) is 0. The van der Waals surface area contributed by atoms with Crippen LogP contribution in [0.15, 0.2) is 0 Å². The molecular formula is C10HF17O4S2. The van der Waals surface area contributed by atoms with E-state index in [4.69, 9.17) is 0 Å². The van der Waals surface area contributed by atoms with E-state index in [1.807, 2.05) is 0 Å². The third-order valence-corrected chi connectivity index (χ3v) is 10.1. The molecule has 0 bridgehead atoms. The van der Waals surface area contributed by atoms with Gasteiger partial charge < -0.3 is 0 Å². The number of hydrogen-bond acceptors (Lipinski definition) is 4. The zero-order chi connectivity index (χ0) is 27.1. The summed E-state index contributed by atoms with van der Waals surface area (Å²) in [7, 11) is -17.8. The largest absolute Gasteiger partial charge is 0.416 e. The van der Waals surface area contributed by atoms with E-state index in [0.717, 1.165) is 0 Å². The van der Waals surface area contributed by atoms with Gasteiger partial charge >= 0.3 is 46.0 Å². The summed E-state index contributed by atoms with van der Waals surface area (Å²) in [5.41, 5.74) is -8.50. The quantitative estimate of drug-likeness (QED) is 0.448. The van der Waals surface area contributed by atoms with E-state index in [9.17, 15) is 91.5 Å². The molecule has 1 aliphatic carbocycles. The first-order valence-electron chi connectivity index (χ1n) is 7.05. The third-order valence-electron chi connectivity index (χ3n) is 4.83. The van der Waals surface area contributed by atoms with E-state index in [1.165, 1.54) is 0 Å². The lowest BCUT2D eigenvalue weighted by atomic mass is 9.73. The van der Waals surface area contributed by atoms with Crippen LogP contribution in [0.1, 0.15) is 0 Å². The van der Waals surface area contributed by atoms with Crippen molar-refractivity contribution in [2.24, 2.45) is 0 Å². The van der Waals surface area contributed by atoms with E-state index in [-0.39, 0.29) is 0 Å². The zero-order valence-electron chi connectivity index (χ0n) is 14.0. The highest BCUT2D eigenvalue weighted by molar-refractivity contribution is 8.11. The summed E-state index contributed by atoms with van der Waals surface area (Å²) in [5.74, 6) is -49.6. The highest BCUT2D eigenvalue weighted by Crippen LogP contribution is 2.73. The van der Waals surface area contributed by atoms with Crippen molar-refractivity contribution in [3.05, 3.63) is 0 Å². The molecule has 0 aromatic carbocycles. The SMILES string of the molecule is O=S1(=O)C(C2(F)C(F)(F)C(F)(F)C(F)(F)C(F)(F)C2(F)F)S(=O)(=O)C(F)(F)C(F)(F)C1(F)F. The minimum Gasteiger partial charge on any atom is -0.227 e. The van der Waals surface area contributed by atoms with Crippen LogP contribution >= 0.6 is 0 Å². The van der Waals surface area contributed by atoms with Gasteiger partial charge in [0.15, 0.2) is 0 Å². The zero-order valence-corrected chi connectivity index (χ0v) is 15.6. The molecule has 1 saturated heterocycles. The van der Waals surface area contributed by atoms with Gasteiger partial charge in [0.2, 0.25) is 24.3 Å². The minimum absolute atomic E-state index is 6.94. The molecule has 2 fully saturated rings. The first-order chi connectivity index (χ1) is 13.9. The molecular weight excluding hydrogens is 571 g/mol. The first-order valence-corrected chi connectivity index (χ1v) is 10.1. The first kappa shape index (κ1) is 28.0. The van der Waals surface area contributed by atoms with Crippen LogP contribution in [0.25, 0.3) is 0 Å². The Morgan fingerprint density at radius 2 is 0.576 bits per heavy atom. The Hall–Kier alpha value is -1.29. The smallest absolute Gasteiger partial charge is 0.227 e. The van der Waals surface area contributed by atoms with Gasteiger partial charge in [0, 0.05) is 0 Å². The lowest BCUT2D eigenvalue weighted by Crippen LogP contribution is -2.89. The van der Waals surface area contributed by atoms with Gasteiger partial charge in [-0.3, -0.25) is 0 Å². The van der Waals surface area contributed by atoms with Gasteiger partial charge in [-0.05, 0) is 0 Å². The maximum atomic E-state index is 14.8. The van der Waals surface area contributed by atoms with Crippen molar-refractivity contribution < 1.29 is 91.5 Å². The van der Waals surface area contributed by atoms with Crippen molar-refractivity contribution in [3.8, 4) is 0 Å². The Morgan fingerprint density at radius 1 is 0.364 bits per heavy atom. The molecule has 33 heavy (non-hydrogen) atoms. The fourth-order valence-electron chi connectivity index (χ4n) is 2.93. The number of alkyl halides is 17. The van der Waals surface area contributed by atoms with Gasteiger partial charge in [-0.2, -0.15) is 70.2 Å². The fourth-order valence-corrected chi connectivity index (χ4v) is 8.01. The summed E-state index contributed by atoms with van der Waals surface area (Å²) in [6, 6.07) is 0. The summed E-state index contributed by atoms with van der Waals surface area (Å²) >= 11 is 0. The lowest BCUT2D eigenvalue weighted by molar-refractivity contribution is -0.483. The van der Waals surface area contributed by atoms with E-state index in [2.05, 4.69) is 0 Å². The van der Waals surface area contributed by atoms with E-state index >= 15 is 0 Å². The molecule has 1 aliphatic heterocycles. The summed E-state index contributed by atoms with van der Waals surface area (Å²) in [6.07, 6.45) is 0. The van der Waals surface area contributed by atoms with Crippen molar-refractivity contribution in [3.63, 3.8) is 0 Å². The molecule has 0 amide bonds. The van der Waals surface area contributed by atoms with Gasteiger partial charge in [0.25, 0.3) is 5.67 Å². The monoisotopic (exact) mass is 572 g/mol. The Bertz CT molecular complexity index is 1010. The standard InChI is InChI=1S/C10HF17O4S2/c11-2(3(12,13)5(16,17)7(20,21)6(18,19)4(2,14)15)1-32(28,29)9(24,25)8(22,23)10(26,27)33(1,30)31/h1H. The maximum Gasteiger partial charge on any atom is 0.416 e. The normalized spacial score (nSPS) is 35.4. The van der Waals surface area contributed by atoms with E-state index in [1.54, 1.807) is 0 Å². The number of sulfone groups is 2. The lowest BCUT2D eigenvalue weighted by Gasteiger charge is -2.55. The molecule has 0 atom stereocenters. The van der Waals surface area contributed by atoms with Crippen LogP contribution in [0.4, 0.5) is 74.6 Å².